The molecule has 0 aliphatic heterocycles. The third-order valence-electron chi connectivity index (χ3n) is 2.18. The molecule has 0 aliphatic carbocycles. The lowest BCUT2D eigenvalue weighted by molar-refractivity contribution is 1.19. The summed E-state index contributed by atoms with van der Waals surface area (Å²) in [5.41, 5.74) is 2.26. The molecule has 15 heavy (non-hydrogen) atoms. The van der Waals surface area contributed by atoms with Crippen LogP contribution in [-0.2, 0) is 6.42 Å². The summed E-state index contributed by atoms with van der Waals surface area (Å²) < 4.78 is 0. The van der Waals surface area contributed by atoms with Gasteiger partial charge in [0, 0.05) is 16.1 Å². The van der Waals surface area contributed by atoms with Crippen LogP contribution in [-0.4, -0.2) is 0 Å². The van der Waals surface area contributed by atoms with Gasteiger partial charge in [0.2, 0.25) is 0 Å². The van der Waals surface area contributed by atoms with Crippen molar-refractivity contribution in [2.75, 3.05) is 0 Å². The molecule has 0 unspecified atom stereocenters. The molecule has 0 bridgehead atoms. The fourth-order valence-electron chi connectivity index (χ4n) is 1.44. The Morgan fingerprint density at radius 2 is 1.80 bits per heavy atom. The largest absolute Gasteiger partial charge is 0.0840 e. The van der Waals surface area contributed by atoms with E-state index in [1.54, 1.807) is 6.07 Å². The van der Waals surface area contributed by atoms with Crippen molar-refractivity contribution in [1.29, 1.82) is 0 Å². The van der Waals surface area contributed by atoms with Crippen LogP contribution in [0.2, 0.25) is 10.0 Å². The summed E-state index contributed by atoms with van der Waals surface area (Å²) in [4.78, 5) is 0. The van der Waals surface area contributed by atoms with Gasteiger partial charge in [0.05, 0.1) is 0 Å². The minimum Gasteiger partial charge on any atom is -0.0840 e. The fourth-order valence-corrected chi connectivity index (χ4v) is 1.80. The predicted molar refractivity (Wildman–Crippen MR) is 64.5 cm³/mol. The summed E-state index contributed by atoms with van der Waals surface area (Å²) in [6.45, 7) is 0. The second kappa shape index (κ2) is 4.69. The lowest BCUT2D eigenvalue weighted by atomic mass is 10.1. The number of hydrogen-bond donors (Lipinski definition) is 0. The van der Waals surface area contributed by atoms with Crippen LogP contribution >= 0.6 is 23.2 Å². The molecule has 0 nitrogen and oxygen atoms in total. The van der Waals surface area contributed by atoms with Gasteiger partial charge in [-0.1, -0.05) is 53.5 Å². The monoisotopic (exact) mass is 235 g/mol. The van der Waals surface area contributed by atoms with Gasteiger partial charge in [-0.15, -0.1) is 0 Å². The van der Waals surface area contributed by atoms with Crippen molar-refractivity contribution < 1.29 is 0 Å². The first-order valence-electron chi connectivity index (χ1n) is 4.65. The topological polar surface area (TPSA) is 0 Å². The zero-order valence-corrected chi connectivity index (χ0v) is 9.52. The second-order valence-corrected chi connectivity index (χ2v) is 4.13. The Morgan fingerprint density at radius 1 is 1.07 bits per heavy atom. The zero-order valence-electron chi connectivity index (χ0n) is 8.00. The van der Waals surface area contributed by atoms with Crippen LogP contribution in [0.4, 0.5) is 0 Å². The molecule has 2 aromatic carbocycles. The van der Waals surface area contributed by atoms with Gasteiger partial charge in [0.25, 0.3) is 0 Å². The Balaban J connectivity index is 2.28. The van der Waals surface area contributed by atoms with E-state index >= 15 is 0 Å². The highest BCUT2D eigenvalue weighted by atomic mass is 35.5. The highest BCUT2D eigenvalue weighted by Gasteiger charge is 2.02. The lowest BCUT2D eigenvalue weighted by Gasteiger charge is -2.04. The summed E-state index contributed by atoms with van der Waals surface area (Å²) in [6, 6.07) is 16.6. The normalized spacial score (nSPS) is 10.3. The van der Waals surface area contributed by atoms with Crippen LogP contribution < -0.4 is 0 Å². The van der Waals surface area contributed by atoms with E-state index in [-0.39, 0.29) is 0 Å². The standard InChI is InChI=1S/C13H9Cl2/c14-12-6-7-13(15)11(9-12)8-10-4-2-1-3-5-10/h1-5,7,9H,8H2. The van der Waals surface area contributed by atoms with Gasteiger partial charge in [-0.25, -0.2) is 0 Å². The van der Waals surface area contributed by atoms with E-state index in [0.29, 0.717) is 10.0 Å². The lowest BCUT2D eigenvalue weighted by Crippen LogP contribution is -1.88. The molecule has 0 spiro atoms. The molecule has 1 radical (unpaired) electrons. The van der Waals surface area contributed by atoms with E-state index in [2.05, 4.69) is 18.2 Å². The van der Waals surface area contributed by atoms with Crippen LogP contribution in [0.25, 0.3) is 0 Å². The van der Waals surface area contributed by atoms with E-state index in [1.165, 1.54) is 5.56 Å². The third kappa shape index (κ3) is 2.74. The van der Waals surface area contributed by atoms with Crippen LogP contribution in [0.15, 0.2) is 42.5 Å². The molecule has 0 aliphatic rings. The summed E-state index contributed by atoms with van der Waals surface area (Å²) in [7, 11) is 0. The highest BCUT2D eigenvalue weighted by molar-refractivity contribution is 6.33. The molecule has 2 rings (SSSR count). The van der Waals surface area contributed by atoms with Crippen molar-refractivity contribution in [2.45, 2.75) is 6.42 Å². The molecular weight excluding hydrogens is 227 g/mol. The molecule has 0 saturated heterocycles. The predicted octanol–water partition coefficient (Wildman–Crippen LogP) is 4.38. The van der Waals surface area contributed by atoms with Crippen molar-refractivity contribution in [3.63, 3.8) is 0 Å². The summed E-state index contributed by atoms with van der Waals surface area (Å²) in [5.74, 6) is 0. The summed E-state index contributed by atoms with van der Waals surface area (Å²) >= 11 is 11.9. The van der Waals surface area contributed by atoms with Crippen LogP contribution in [0.1, 0.15) is 11.1 Å². The average Bonchev–Trinajstić information content (AvgIpc) is 2.25. The van der Waals surface area contributed by atoms with Crippen LogP contribution in [0, 0.1) is 6.07 Å². The van der Waals surface area contributed by atoms with Crippen molar-refractivity contribution in [3.8, 4) is 0 Å². The molecule has 0 amide bonds. The van der Waals surface area contributed by atoms with Crippen LogP contribution in [0.5, 0.6) is 0 Å². The molecule has 0 heterocycles. The van der Waals surface area contributed by atoms with E-state index in [1.807, 2.05) is 24.3 Å². The first-order chi connectivity index (χ1) is 7.25. The van der Waals surface area contributed by atoms with Crippen molar-refractivity contribution in [3.05, 3.63) is 69.7 Å². The molecule has 0 saturated carbocycles. The smallest absolute Gasteiger partial charge is 0.0488 e. The van der Waals surface area contributed by atoms with Gasteiger partial charge < -0.3 is 0 Å². The Bertz CT molecular complexity index is 449. The summed E-state index contributed by atoms with van der Waals surface area (Å²) in [5, 5.41) is 1.31. The minimum atomic E-state index is 0.602. The number of hydrogen-bond acceptors (Lipinski definition) is 0. The molecular formula is C13H9Cl2. The van der Waals surface area contributed by atoms with Crippen molar-refractivity contribution in [2.24, 2.45) is 0 Å². The molecule has 2 heteroatoms. The molecule has 75 valence electrons. The molecule has 0 aromatic heterocycles. The third-order valence-corrected chi connectivity index (χ3v) is 2.75. The minimum absolute atomic E-state index is 0.602. The highest BCUT2D eigenvalue weighted by Crippen LogP contribution is 2.22. The number of benzene rings is 2. The summed E-state index contributed by atoms with van der Waals surface area (Å²) in [6.07, 6.45) is 0.800. The van der Waals surface area contributed by atoms with Gasteiger partial charge in [-0.2, -0.15) is 0 Å². The molecule has 0 atom stereocenters. The Morgan fingerprint density at radius 3 is 2.53 bits per heavy atom. The Kier molecular flexibility index (Phi) is 3.30. The van der Waals surface area contributed by atoms with Gasteiger partial charge in [-0.3, -0.25) is 0 Å². The van der Waals surface area contributed by atoms with Crippen LogP contribution in [0.3, 0.4) is 0 Å². The van der Waals surface area contributed by atoms with Gasteiger partial charge >= 0.3 is 0 Å². The Labute approximate surface area is 99.5 Å². The van der Waals surface area contributed by atoms with Crippen molar-refractivity contribution >= 4 is 23.2 Å². The van der Waals surface area contributed by atoms with Crippen molar-refractivity contribution in [1.82, 2.24) is 0 Å². The molecule has 2 aromatic rings. The van der Waals surface area contributed by atoms with E-state index in [9.17, 15) is 0 Å². The van der Waals surface area contributed by atoms with E-state index < -0.39 is 0 Å². The number of rotatable bonds is 2. The quantitative estimate of drug-likeness (QED) is 0.725. The Hall–Kier alpha value is -0.980. The zero-order chi connectivity index (χ0) is 10.7. The SMILES string of the molecule is Clc1[c]cc(Cl)c(Cc2ccccc2)c1. The molecule has 0 fully saturated rings. The first-order valence-corrected chi connectivity index (χ1v) is 5.41. The average molecular weight is 236 g/mol. The molecule has 0 N–H and O–H groups in total. The van der Waals surface area contributed by atoms with E-state index in [0.717, 1.165) is 12.0 Å². The number of halogens is 2. The first kappa shape index (κ1) is 10.5. The maximum absolute atomic E-state index is 6.06. The van der Waals surface area contributed by atoms with Gasteiger partial charge in [0.15, 0.2) is 0 Å². The van der Waals surface area contributed by atoms with Gasteiger partial charge in [0.1, 0.15) is 0 Å². The van der Waals surface area contributed by atoms with Gasteiger partial charge in [-0.05, 0) is 29.7 Å². The maximum Gasteiger partial charge on any atom is 0.0488 e. The maximum atomic E-state index is 6.06. The second-order valence-electron chi connectivity index (χ2n) is 3.32. The van der Waals surface area contributed by atoms with E-state index in [4.69, 9.17) is 23.2 Å². The fraction of sp³-hybridized carbons (Fsp3) is 0.0769.